The SMILES string of the molecule is COc1ccc(NC(=O)[C@@H]2c3ccccc3C(=O)N(C)[C@H]2c2cn(C)c3ccccc23)c(OC)c1. The van der Waals surface area contributed by atoms with Gasteiger partial charge in [0.2, 0.25) is 5.91 Å². The highest BCUT2D eigenvalue weighted by Crippen LogP contribution is 2.45. The number of hydrogen-bond acceptors (Lipinski definition) is 4. The topological polar surface area (TPSA) is 72.8 Å². The minimum absolute atomic E-state index is 0.107. The van der Waals surface area contributed by atoms with E-state index in [0.29, 0.717) is 28.3 Å². The molecule has 7 nitrogen and oxygen atoms in total. The number of likely N-dealkylation sites (N-methyl/N-ethyl adjacent to an activating group) is 1. The molecule has 0 fully saturated rings. The predicted molar refractivity (Wildman–Crippen MR) is 135 cm³/mol. The van der Waals surface area contributed by atoms with E-state index in [-0.39, 0.29) is 11.8 Å². The molecule has 1 aromatic heterocycles. The maximum absolute atomic E-state index is 14.0. The Labute approximate surface area is 203 Å². The van der Waals surface area contributed by atoms with Crippen molar-refractivity contribution in [3.63, 3.8) is 0 Å². The number of fused-ring (bicyclic) bond motifs is 2. The Morgan fingerprint density at radius 1 is 0.914 bits per heavy atom. The second-order valence-corrected chi connectivity index (χ2v) is 8.69. The monoisotopic (exact) mass is 469 g/mol. The number of carbonyl (C=O) groups excluding carboxylic acids is 2. The number of benzene rings is 3. The quantitative estimate of drug-likeness (QED) is 0.458. The van der Waals surface area contributed by atoms with E-state index in [1.807, 2.05) is 60.3 Å². The van der Waals surface area contributed by atoms with E-state index in [1.165, 1.54) is 0 Å². The molecule has 4 aromatic rings. The molecule has 2 amide bonds. The summed E-state index contributed by atoms with van der Waals surface area (Å²) >= 11 is 0. The van der Waals surface area contributed by atoms with E-state index in [1.54, 1.807) is 50.4 Å². The molecule has 1 aliphatic rings. The molecule has 0 unspecified atom stereocenters. The number of methoxy groups -OCH3 is 2. The fourth-order valence-electron chi connectivity index (χ4n) is 5.07. The zero-order valence-corrected chi connectivity index (χ0v) is 20.1. The number of amides is 2. The Morgan fingerprint density at radius 3 is 2.43 bits per heavy atom. The number of para-hydroxylation sites is 1. The van der Waals surface area contributed by atoms with Crippen molar-refractivity contribution in [1.29, 1.82) is 0 Å². The van der Waals surface area contributed by atoms with Crippen LogP contribution < -0.4 is 14.8 Å². The first kappa shape index (κ1) is 22.5. The minimum Gasteiger partial charge on any atom is -0.497 e. The van der Waals surface area contributed by atoms with Crippen LogP contribution in [0.4, 0.5) is 5.69 Å². The van der Waals surface area contributed by atoms with Gasteiger partial charge in [0.05, 0.1) is 31.9 Å². The van der Waals surface area contributed by atoms with Crippen molar-refractivity contribution < 1.29 is 19.1 Å². The fraction of sp³-hybridized carbons (Fsp3) is 0.214. The van der Waals surface area contributed by atoms with Crippen molar-refractivity contribution in [3.05, 3.63) is 89.6 Å². The summed E-state index contributed by atoms with van der Waals surface area (Å²) in [5, 5.41) is 4.06. The van der Waals surface area contributed by atoms with Gasteiger partial charge in [-0.3, -0.25) is 9.59 Å². The maximum atomic E-state index is 14.0. The van der Waals surface area contributed by atoms with Gasteiger partial charge in [-0.1, -0.05) is 36.4 Å². The summed E-state index contributed by atoms with van der Waals surface area (Å²) in [4.78, 5) is 29.1. The Morgan fingerprint density at radius 2 is 1.66 bits per heavy atom. The Hall–Kier alpha value is -4.26. The van der Waals surface area contributed by atoms with E-state index in [4.69, 9.17) is 9.47 Å². The first-order valence-corrected chi connectivity index (χ1v) is 11.4. The van der Waals surface area contributed by atoms with E-state index < -0.39 is 12.0 Å². The molecule has 7 heteroatoms. The second kappa shape index (κ2) is 8.83. The van der Waals surface area contributed by atoms with E-state index in [2.05, 4.69) is 5.32 Å². The van der Waals surface area contributed by atoms with E-state index in [0.717, 1.165) is 16.5 Å². The third-order valence-electron chi connectivity index (χ3n) is 6.78. The van der Waals surface area contributed by atoms with Crippen LogP contribution >= 0.6 is 0 Å². The molecule has 3 aromatic carbocycles. The first-order valence-electron chi connectivity index (χ1n) is 11.4. The van der Waals surface area contributed by atoms with Gasteiger partial charge in [-0.05, 0) is 29.8 Å². The molecule has 1 aliphatic heterocycles. The second-order valence-electron chi connectivity index (χ2n) is 8.69. The van der Waals surface area contributed by atoms with Crippen molar-refractivity contribution in [1.82, 2.24) is 9.47 Å². The summed E-state index contributed by atoms with van der Waals surface area (Å²) in [5.74, 6) is 0.157. The number of aryl methyl sites for hydroxylation is 1. The highest BCUT2D eigenvalue weighted by atomic mass is 16.5. The number of anilines is 1. The molecular formula is C28H27N3O4. The molecule has 0 radical (unpaired) electrons. The summed E-state index contributed by atoms with van der Waals surface area (Å²) in [7, 11) is 6.86. The Balaban J connectivity index is 1.65. The van der Waals surface area contributed by atoms with Gasteiger partial charge in [0, 0.05) is 48.4 Å². The third kappa shape index (κ3) is 3.69. The van der Waals surface area contributed by atoms with E-state index in [9.17, 15) is 9.59 Å². The lowest BCUT2D eigenvalue weighted by Gasteiger charge is -2.39. The summed E-state index contributed by atoms with van der Waals surface area (Å²) in [6.45, 7) is 0. The molecular weight excluding hydrogens is 442 g/mol. The minimum atomic E-state index is -0.633. The van der Waals surface area contributed by atoms with Crippen LogP contribution in [0.3, 0.4) is 0 Å². The lowest BCUT2D eigenvalue weighted by atomic mass is 9.79. The van der Waals surface area contributed by atoms with Gasteiger partial charge in [-0.25, -0.2) is 0 Å². The van der Waals surface area contributed by atoms with Gasteiger partial charge >= 0.3 is 0 Å². The smallest absolute Gasteiger partial charge is 0.254 e. The molecule has 35 heavy (non-hydrogen) atoms. The van der Waals surface area contributed by atoms with Crippen LogP contribution in [0.15, 0.2) is 72.9 Å². The van der Waals surface area contributed by atoms with Crippen molar-refractivity contribution in [2.75, 3.05) is 26.6 Å². The average Bonchev–Trinajstić information content (AvgIpc) is 3.22. The third-order valence-corrected chi connectivity index (χ3v) is 6.78. The lowest BCUT2D eigenvalue weighted by Crippen LogP contribution is -2.44. The van der Waals surface area contributed by atoms with Crippen molar-refractivity contribution >= 4 is 28.4 Å². The molecule has 0 bridgehead atoms. The number of aromatic nitrogens is 1. The molecule has 1 N–H and O–H groups in total. The van der Waals surface area contributed by atoms with Gasteiger partial charge in [0.15, 0.2) is 0 Å². The van der Waals surface area contributed by atoms with Gasteiger partial charge in [-0.2, -0.15) is 0 Å². The molecule has 5 rings (SSSR count). The zero-order chi connectivity index (χ0) is 24.7. The molecule has 2 atom stereocenters. The van der Waals surface area contributed by atoms with Crippen LogP contribution in [-0.4, -0.2) is 42.5 Å². The molecule has 178 valence electrons. The Bertz CT molecular complexity index is 1440. The van der Waals surface area contributed by atoms with Crippen LogP contribution in [0.1, 0.15) is 33.4 Å². The van der Waals surface area contributed by atoms with Crippen LogP contribution in [0.5, 0.6) is 11.5 Å². The number of hydrogen-bond donors (Lipinski definition) is 1. The molecule has 0 saturated heterocycles. The van der Waals surface area contributed by atoms with Crippen LogP contribution in [0, 0.1) is 0 Å². The highest BCUT2D eigenvalue weighted by molar-refractivity contribution is 6.05. The number of rotatable bonds is 5. The standard InChI is InChI=1S/C28H27N3O4/c1-30-16-21(18-9-7-8-12-23(18)30)26-25(19-10-5-6-11-20(19)28(33)31(26)2)27(32)29-22-14-13-17(34-3)15-24(22)35-4/h5-16,25-26H,1-4H3,(H,29,32)/t25-,26+/m1/s1. The zero-order valence-electron chi connectivity index (χ0n) is 20.1. The van der Waals surface area contributed by atoms with Gasteiger partial charge < -0.3 is 24.3 Å². The fourth-order valence-corrected chi connectivity index (χ4v) is 5.07. The predicted octanol–water partition coefficient (Wildman–Crippen LogP) is 4.74. The maximum Gasteiger partial charge on any atom is 0.254 e. The largest absolute Gasteiger partial charge is 0.497 e. The van der Waals surface area contributed by atoms with Crippen LogP contribution in [0.2, 0.25) is 0 Å². The summed E-state index contributed by atoms with van der Waals surface area (Å²) < 4.78 is 12.8. The molecule has 0 aliphatic carbocycles. The number of nitrogens with zero attached hydrogens (tertiary/aromatic N) is 2. The Kier molecular flexibility index (Phi) is 5.68. The number of nitrogens with one attached hydrogen (secondary N) is 1. The lowest BCUT2D eigenvalue weighted by molar-refractivity contribution is -0.119. The van der Waals surface area contributed by atoms with Crippen LogP contribution in [0.25, 0.3) is 10.9 Å². The molecule has 0 saturated carbocycles. The van der Waals surface area contributed by atoms with Crippen molar-refractivity contribution in [2.45, 2.75) is 12.0 Å². The summed E-state index contributed by atoms with van der Waals surface area (Å²) in [6.07, 6.45) is 2.02. The summed E-state index contributed by atoms with van der Waals surface area (Å²) in [6, 6.07) is 20.1. The number of carbonyl (C=O) groups is 2. The van der Waals surface area contributed by atoms with Gasteiger partial charge in [0.1, 0.15) is 11.5 Å². The van der Waals surface area contributed by atoms with E-state index >= 15 is 0 Å². The normalized spacial score (nSPS) is 17.3. The highest BCUT2D eigenvalue weighted by Gasteiger charge is 2.43. The first-order chi connectivity index (χ1) is 16.9. The van der Waals surface area contributed by atoms with Gasteiger partial charge in [0.25, 0.3) is 5.91 Å². The number of ether oxygens (including phenoxy) is 2. The van der Waals surface area contributed by atoms with Crippen molar-refractivity contribution in [2.24, 2.45) is 7.05 Å². The van der Waals surface area contributed by atoms with Crippen molar-refractivity contribution in [3.8, 4) is 11.5 Å². The summed E-state index contributed by atoms with van der Waals surface area (Å²) in [5.41, 5.74) is 3.74. The average molecular weight is 470 g/mol. The van der Waals surface area contributed by atoms with Crippen LogP contribution in [-0.2, 0) is 11.8 Å². The molecule has 0 spiro atoms. The van der Waals surface area contributed by atoms with Gasteiger partial charge in [-0.15, -0.1) is 0 Å². The molecule has 2 heterocycles.